The molecule has 0 saturated heterocycles. The lowest BCUT2D eigenvalue weighted by molar-refractivity contribution is 1.58. The summed E-state index contributed by atoms with van der Waals surface area (Å²) >= 11 is 1.87. The zero-order valence-electron chi connectivity index (χ0n) is 20.4. The van der Waals surface area contributed by atoms with E-state index in [1.54, 1.807) is 0 Å². The van der Waals surface area contributed by atoms with Crippen molar-refractivity contribution in [2.45, 2.75) is 19.6 Å². The number of fused-ring (bicyclic) bond motifs is 3. The number of benzene rings is 5. The molecule has 5 aromatic carbocycles. The molecule has 0 bridgehead atoms. The van der Waals surface area contributed by atoms with Crippen molar-refractivity contribution in [1.82, 2.24) is 0 Å². The van der Waals surface area contributed by atoms with E-state index in [4.69, 9.17) is 0 Å². The van der Waals surface area contributed by atoms with Crippen molar-refractivity contribution in [1.29, 1.82) is 0 Å². The Morgan fingerprint density at radius 2 is 0.971 bits per heavy atom. The van der Waals surface area contributed by atoms with E-state index < -0.39 is 8.07 Å². The number of hydrogen-bond donors (Lipinski definition) is 0. The highest BCUT2D eigenvalue weighted by Gasteiger charge is 2.16. The van der Waals surface area contributed by atoms with Crippen LogP contribution >= 0.6 is 11.3 Å². The van der Waals surface area contributed by atoms with Crippen LogP contribution in [0.4, 0.5) is 0 Å². The maximum atomic E-state index is 2.40. The molecule has 35 heavy (non-hydrogen) atoms. The summed E-state index contributed by atoms with van der Waals surface area (Å²) in [5, 5.41) is 4.19. The smallest absolute Gasteiger partial charge is 0.0776 e. The minimum absolute atomic E-state index is 1.25. The summed E-state index contributed by atoms with van der Waals surface area (Å²) in [7, 11) is -1.33. The van der Waals surface area contributed by atoms with Gasteiger partial charge in [-0.25, -0.2) is 0 Å². The highest BCUT2D eigenvalue weighted by atomic mass is 32.1. The second-order valence-electron chi connectivity index (χ2n) is 10.3. The Kier molecular flexibility index (Phi) is 5.44. The molecule has 170 valence electrons. The molecule has 0 aliphatic rings. The molecule has 0 atom stereocenters. The summed E-state index contributed by atoms with van der Waals surface area (Å²) in [4.78, 5) is 0. The van der Waals surface area contributed by atoms with E-state index in [1.807, 2.05) is 11.3 Å². The largest absolute Gasteiger partial charge is 0.135 e. The minimum atomic E-state index is -1.33. The Morgan fingerprint density at radius 3 is 1.69 bits per heavy atom. The van der Waals surface area contributed by atoms with Crippen LogP contribution in [0.3, 0.4) is 0 Å². The van der Waals surface area contributed by atoms with Gasteiger partial charge in [0.1, 0.15) is 0 Å². The van der Waals surface area contributed by atoms with Gasteiger partial charge < -0.3 is 0 Å². The van der Waals surface area contributed by atoms with E-state index >= 15 is 0 Å². The van der Waals surface area contributed by atoms with Crippen LogP contribution in [0.1, 0.15) is 0 Å². The first-order chi connectivity index (χ1) is 17.0. The molecule has 0 aliphatic carbocycles. The molecule has 0 nitrogen and oxygen atoms in total. The van der Waals surface area contributed by atoms with Gasteiger partial charge in [0, 0.05) is 20.2 Å². The fraction of sp³-hybridized carbons (Fsp3) is 0.0909. The van der Waals surface area contributed by atoms with E-state index in [-0.39, 0.29) is 0 Å². The molecular weight excluding hydrogens is 457 g/mol. The molecule has 6 aromatic rings. The van der Waals surface area contributed by atoms with Crippen molar-refractivity contribution in [3.63, 3.8) is 0 Å². The minimum Gasteiger partial charge on any atom is -0.135 e. The maximum Gasteiger partial charge on any atom is 0.0776 e. The average Bonchev–Trinajstić information content (AvgIpc) is 3.26. The van der Waals surface area contributed by atoms with Crippen LogP contribution in [0.5, 0.6) is 0 Å². The van der Waals surface area contributed by atoms with Crippen molar-refractivity contribution in [3.8, 4) is 33.4 Å². The SMILES string of the molecule is C[Si](C)(C)c1cccc(-c2ccc(-c3cccc(-c4ccc5sc6ccccc6c5c4)c3)cc2)c1. The molecule has 0 radical (unpaired) electrons. The number of hydrogen-bond acceptors (Lipinski definition) is 1. The Labute approximate surface area is 212 Å². The Hall–Kier alpha value is -3.46. The summed E-state index contributed by atoms with van der Waals surface area (Å²) in [5.41, 5.74) is 7.61. The van der Waals surface area contributed by atoms with Gasteiger partial charge in [-0.3, -0.25) is 0 Å². The summed E-state index contributed by atoms with van der Waals surface area (Å²) in [6.45, 7) is 7.21. The van der Waals surface area contributed by atoms with Crippen LogP contribution in [-0.2, 0) is 0 Å². The van der Waals surface area contributed by atoms with E-state index in [1.165, 1.54) is 58.7 Å². The van der Waals surface area contributed by atoms with Crippen molar-refractivity contribution in [3.05, 3.63) is 115 Å². The Bertz CT molecular complexity index is 1670. The molecule has 1 heterocycles. The van der Waals surface area contributed by atoms with Gasteiger partial charge in [0.15, 0.2) is 0 Å². The lowest BCUT2D eigenvalue weighted by atomic mass is 9.96. The molecule has 0 aliphatic heterocycles. The van der Waals surface area contributed by atoms with Crippen LogP contribution in [0.25, 0.3) is 53.6 Å². The normalized spacial score (nSPS) is 11.9. The lowest BCUT2D eigenvalue weighted by Crippen LogP contribution is -2.37. The molecular formula is C33H28SSi. The highest BCUT2D eigenvalue weighted by Crippen LogP contribution is 2.37. The van der Waals surface area contributed by atoms with Gasteiger partial charge >= 0.3 is 0 Å². The van der Waals surface area contributed by atoms with Gasteiger partial charge in [0.25, 0.3) is 0 Å². The topological polar surface area (TPSA) is 0 Å². The third kappa shape index (κ3) is 4.25. The first kappa shape index (κ1) is 22.0. The van der Waals surface area contributed by atoms with Gasteiger partial charge in [0.2, 0.25) is 0 Å². The summed E-state index contributed by atoms with van der Waals surface area (Å²) in [5.74, 6) is 0. The highest BCUT2D eigenvalue weighted by molar-refractivity contribution is 7.25. The van der Waals surface area contributed by atoms with Crippen LogP contribution in [0.15, 0.2) is 115 Å². The van der Waals surface area contributed by atoms with E-state index in [9.17, 15) is 0 Å². The van der Waals surface area contributed by atoms with Gasteiger partial charge in [-0.15, -0.1) is 11.3 Å². The fourth-order valence-electron chi connectivity index (χ4n) is 4.80. The molecule has 0 spiro atoms. The van der Waals surface area contributed by atoms with Gasteiger partial charge in [-0.2, -0.15) is 0 Å². The predicted molar refractivity (Wildman–Crippen MR) is 159 cm³/mol. The molecule has 0 N–H and O–H groups in total. The van der Waals surface area contributed by atoms with Crippen LogP contribution in [0, 0.1) is 0 Å². The standard InChI is InChI=1S/C33H28SSi/c1-35(2,3)29-11-7-10-27(21-29)24-16-14-23(15-17-24)25-8-6-9-26(20-25)28-18-19-33-31(22-28)30-12-4-5-13-32(30)34-33/h4-22H,1-3H3. The Morgan fingerprint density at radius 1 is 0.429 bits per heavy atom. The second kappa shape index (κ2) is 8.64. The summed E-state index contributed by atoms with van der Waals surface area (Å²) < 4.78 is 2.70. The first-order valence-electron chi connectivity index (χ1n) is 12.2. The zero-order valence-corrected chi connectivity index (χ0v) is 22.2. The third-order valence-corrected chi connectivity index (χ3v) is 10.0. The molecule has 0 fully saturated rings. The molecule has 1 aromatic heterocycles. The monoisotopic (exact) mass is 484 g/mol. The Balaban J connectivity index is 1.34. The van der Waals surface area contributed by atoms with Gasteiger partial charge in [-0.05, 0) is 57.6 Å². The van der Waals surface area contributed by atoms with E-state index in [0.717, 1.165) is 0 Å². The van der Waals surface area contributed by atoms with Crippen molar-refractivity contribution in [2.24, 2.45) is 0 Å². The molecule has 6 rings (SSSR count). The van der Waals surface area contributed by atoms with Crippen molar-refractivity contribution >= 4 is 44.8 Å². The van der Waals surface area contributed by atoms with E-state index in [2.05, 4.69) is 135 Å². The van der Waals surface area contributed by atoms with Gasteiger partial charge in [0.05, 0.1) is 8.07 Å². The first-order valence-corrected chi connectivity index (χ1v) is 16.5. The van der Waals surface area contributed by atoms with E-state index in [0.29, 0.717) is 0 Å². The lowest BCUT2D eigenvalue weighted by Gasteiger charge is -2.17. The second-order valence-corrected chi connectivity index (χ2v) is 16.5. The summed E-state index contributed by atoms with van der Waals surface area (Å²) in [6, 6.07) is 42.6. The van der Waals surface area contributed by atoms with Crippen LogP contribution in [0.2, 0.25) is 19.6 Å². The average molecular weight is 485 g/mol. The fourth-order valence-corrected chi connectivity index (χ4v) is 7.08. The van der Waals surface area contributed by atoms with Crippen LogP contribution < -0.4 is 5.19 Å². The number of rotatable bonds is 4. The quantitative estimate of drug-likeness (QED) is 0.218. The third-order valence-electron chi connectivity index (χ3n) is 6.85. The van der Waals surface area contributed by atoms with Crippen molar-refractivity contribution in [2.75, 3.05) is 0 Å². The molecule has 2 heteroatoms. The van der Waals surface area contributed by atoms with Crippen molar-refractivity contribution < 1.29 is 0 Å². The maximum absolute atomic E-state index is 2.40. The van der Waals surface area contributed by atoms with Crippen LogP contribution in [-0.4, -0.2) is 8.07 Å². The predicted octanol–water partition coefficient (Wildman–Crippen LogP) is 9.60. The molecule has 0 amide bonds. The zero-order chi connectivity index (χ0) is 24.0. The number of thiophene rings is 1. The summed E-state index contributed by atoms with van der Waals surface area (Å²) in [6.07, 6.45) is 0. The molecule has 0 unspecified atom stereocenters. The van der Waals surface area contributed by atoms with Gasteiger partial charge in [-0.1, -0.05) is 116 Å². The molecule has 0 saturated carbocycles.